The number of hydrogen-bond donors (Lipinski definition) is 1. The van der Waals surface area contributed by atoms with Crippen LogP contribution in [0.2, 0.25) is 0 Å². The average molecular weight is 396 g/mol. The number of alkyl halides is 2. The molecule has 2 aliphatic rings. The van der Waals surface area contributed by atoms with Gasteiger partial charge in [-0.05, 0) is 50.5 Å². The minimum Gasteiger partial charge on any atom is -0.443 e. The van der Waals surface area contributed by atoms with Crippen LogP contribution in [0, 0.1) is 0 Å². The van der Waals surface area contributed by atoms with E-state index in [1.807, 2.05) is 13.0 Å². The predicted molar refractivity (Wildman–Crippen MR) is 102 cm³/mol. The van der Waals surface area contributed by atoms with Gasteiger partial charge in [0.15, 0.2) is 6.61 Å². The Kier molecular flexibility index (Phi) is 7.24. The van der Waals surface area contributed by atoms with Crippen molar-refractivity contribution in [3.8, 4) is 0 Å². The smallest absolute Gasteiger partial charge is 0.410 e. The van der Waals surface area contributed by atoms with Crippen LogP contribution < -0.4 is 5.73 Å². The van der Waals surface area contributed by atoms with Gasteiger partial charge < -0.3 is 15.2 Å². The first kappa shape index (κ1) is 21.0. The van der Waals surface area contributed by atoms with Gasteiger partial charge in [0.1, 0.15) is 0 Å². The Bertz CT molecular complexity index is 623. The molecule has 2 fully saturated rings. The summed E-state index contributed by atoms with van der Waals surface area (Å²) in [6.45, 7) is 1.28. The monoisotopic (exact) mass is 396 g/mol. The predicted octanol–water partition coefficient (Wildman–Crippen LogP) is 3.92. The van der Waals surface area contributed by atoms with E-state index in [4.69, 9.17) is 15.2 Å². The van der Waals surface area contributed by atoms with E-state index in [-0.39, 0.29) is 24.2 Å². The van der Waals surface area contributed by atoms with Crippen molar-refractivity contribution in [1.82, 2.24) is 4.90 Å². The molecule has 3 rings (SSSR count). The molecule has 0 spiro atoms. The van der Waals surface area contributed by atoms with Crippen molar-refractivity contribution in [2.45, 2.75) is 75.6 Å². The lowest BCUT2D eigenvalue weighted by atomic mass is 9.83. The van der Waals surface area contributed by atoms with Gasteiger partial charge in [-0.1, -0.05) is 30.3 Å². The fourth-order valence-electron chi connectivity index (χ4n) is 4.45. The maximum absolute atomic E-state index is 12.4. The molecule has 1 aliphatic heterocycles. The number of amides is 1. The molecule has 1 aromatic rings. The molecule has 7 heteroatoms. The molecule has 1 aliphatic carbocycles. The maximum Gasteiger partial charge on any atom is 0.410 e. The lowest BCUT2D eigenvalue weighted by molar-refractivity contribution is -0.0164. The van der Waals surface area contributed by atoms with Gasteiger partial charge in [0.2, 0.25) is 0 Å². The zero-order valence-corrected chi connectivity index (χ0v) is 16.3. The highest BCUT2D eigenvalue weighted by Crippen LogP contribution is 2.34. The topological polar surface area (TPSA) is 64.8 Å². The number of nitrogens with two attached hydrogens (primary N) is 1. The largest absolute Gasteiger partial charge is 0.443 e. The molecule has 0 bridgehead atoms. The van der Waals surface area contributed by atoms with Crippen LogP contribution in [0.15, 0.2) is 30.3 Å². The van der Waals surface area contributed by atoms with E-state index in [1.54, 1.807) is 0 Å². The second kappa shape index (κ2) is 9.65. The van der Waals surface area contributed by atoms with Crippen molar-refractivity contribution in [2.24, 2.45) is 5.73 Å². The summed E-state index contributed by atoms with van der Waals surface area (Å²) in [7, 11) is 0. The third kappa shape index (κ3) is 5.20. The van der Waals surface area contributed by atoms with Crippen molar-refractivity contribution in [1.29, 1.82) is 0 Å². The van der Waals surface area contributed by atoms with Crippen LogP contribution in [-0.4, -0.2) is 54.9 Å². The number of halogens is 2. The lowest BCUT2D eigenvalue weighted by Crippen LogP contribution is -2.48. The van der Waals surface area contributed by atoms with Crippen molar-refractivity contribution in [2.75, 3.05) is 13.2 Å². The minimum absolute atomic E-state index is 0.141. The molecule has 1 amide bonds. The van der Waals surface area contributed by atoms with Crippen molar-refractivity contribution >= 4 is 6.09 Å². The second-order valence-corrected chi connectivity index (χ2v) is 7.91. The van der Waals surface area contributed by atoms with Crippen molar-refractivity contribution in [3.63, 3.8) is 0 Å². The molecule has 1 saturated heterocycles. The molecule has 3 atom stereocenters. The number of hydrogen-bond acceptors (Lipinski definition) is 4. The number of likely N-dealkylation sites (tertiary alicyclic amines) is 1. The maximum atomic E-state index is 12.4. The molecule has 1 unspecified atom stereocenters. The van der Waals surface area contributed by atoms with E-state index in [2.05, 4.69) is 24.3 Å². The average Bonchev–Trinajstić information content (AvgIpc) is 2.98. The fourth-order valence-corrected chi connectivity index (χ4v) is 4.45. The van der Waals surface area contributed by atoms with Gasteiger partial charge in [-0.15, -0.1) is 0 Å². The van der Waals surface area contributed by atoms with E-state index in [0.29, 0.717) is 18.9 Å². The lowest BCUT2D eigenvalue weighted by Gasteiger charge is -2.32. The van der Waals surface area contributed by atoms with E-state index in [0.717, 1.165) is 25.7 Å². The molecule has 1 heterocycles. The molecule has 5 nitrogen and oxygen atoms in total. The first-order chi connectivity index (χ1) is 13.5. The summed E-state index contributed by atoms with van der Waals surface area (Å²) < 4.78 is 35.5. The molecule has 156 valence electrons. The van der Waals surface area contributed by atoms with E-state index < -0.39 is 19.1 Å². The van der Waals surface area contributed by atoms with E-state index >= 15 is 0 Å². The molecule has 1 saturated carbocycles. The third-order valence-corrected chi connectivity index (χ3v) is 5.93. The highest BCUT2D eigenvalue weighted by atomic mass is 19.3. The molecule has 28 heavy (non-hydrogen) atoms. The first-order valence-electron chi connectivity index (χ1n) is 10.1. The van der Waals surface area contributed by atoms with Crippen molar-refractivity contribution < 1.29 is 23.0 Å². The van der Waals surface area contributed by atoms with Crippen LogP contribution in [-0.2, 0) is 9.47 Å². The Morgan fingerprint density at radius 3 is 2.54 bits per heavy atom. The number of carbonyl (C=O) groups is 1. The normalized spacial score (nSPS) is 30.6. The van der Waals surface area contributed by atoms with Gasteiger partial charge in [0.05, 0.1) is 18.8 Å². The summed E-state index contributed by atoms with van der Waals surface area (Å²) in [5.41, 5.74) is 7.57. The van der Waals surface area contributed by atoms with Crippen molar-refractivity contribution in [3.05, 3.63) is 35.9 Å². The number of rotatable bonds is 6. The Labute approximate surface area is 165 Å². The summed E-state index contributed by atoms with van der Waals surface area (Å²) in [6.07, 6.45) is 1.41. The summed E-state index contributed by atoms with van der Waals surface area (Å²) >= 11 is 0. The van der Waals surface area contributed by atoms with E-state index in [9.17, 15) is 13.6 Å². The van der Waals surface area contributed by atoms with Crippen LogP contribution in [0.1, 0.15) is 50.5 Å². The molecule has 0 radical (unpaired) electrons. The third-order valence-electron chi connectivity index (χ3n) is 5.93. The van der Waals surface area contributed by atoms with Gasteiger partial charge in [-0.25, -0.2) is 13.6 Å². The van der Waals surface area contributed by atoms with Gasteiger partial charge in [0.25, 0.3) is 6.43 Å². The van der Waals surface area contributed by atoms with Crippen LogP contribution in [0.5, 0.6) is 0 Å². The summed E-state index contributed by atoms with van der Waals surface area (Å²) in [5, 5.41) is 0. The van der Waals surface area contributed by atoms with E-state index in [1.165, 1.54) is 10.5 Å². The molecular formula is C21H30F2N2O3. The Hall–Kier alpha value is -1.73. The number of nitrogens with zero attached hydrogens (tertiary/aromatic N) is 1. The highest BCUT2D eigenvalue weighted by molar-refractivity contribution is 5.69. The van der Waals surface area contributed by atoms with Gasteiger partial charge in [-0.3, -0.25) is 4.90 Å². The molecule has 1 aromatic carbocycles. The Morgan fingerprint density at radius 2 is 1.89 bits per heavy atom. The first-order valence-corrected chi connectivity index (χ1v) is 10.1. The van der Waals surface area contributed by atoms with Crippen LogP contribution >= 0.6 is 0 Å². The molecular weight excluding hydrogens is 366 g/mol. The number of benzene rings is 1. The minimum atomic E-state index is -2.68. The summed E-state index contributed by atoms with van der Waals surface area (Å²) in [6, 6.07) is 9.79. The Balaban J connectivity index is 1.49. The highest BCUT2D eigenvalue weighted by Gasteiger charge is 2.41. The number of ether oxygens (including phenoxy) is 2. The van der Waals surface area contributed by atoms with Gasteiger partial charge >= 0.3 is 6.09 Å². The van der Waals surface area contributed by atoms with Crippen LogP contribution in [0.4, 0.5) is 13.6 Å². The number of carbonyl (C=O) groups excluding carboxylic acids is 1. The summed E-state index contributed by atoms with van der Waals surface area (Å²) in [5.74, 6) is 0.565. The Morgan fingerprint density at radius 1 is 1.21 bits per heavy atom. The van der Waals surface area contributed by atoms with Gasteiger partial charge in [-0.2, -0.15) is 0 Å². The SMILES string of the molecule is C[C@@H]1C[C@H](N)C(CO[C@H]2CC[C@@H](c3ccccc3)CC2)N1C(=O)OCC(F)F. The quantitative estimate of drug-likeness (QED) is 0.792. The molecule has 0 aromatic heterocycles. The van der Waals surface area contributed by atoms with Gasteiger partial charge in [0, 0.05) is 12.1 Å². The zero-order valence-electron chi connectivity index (χ0n) is 16.3. The van der Waals surface area contributed by atoms with Crippen LogP contribution in [0.25, 0.3) is 0 Å². The summed E-state index contributed by atoms with van der Waals surface area (Å²) in [4.78, 5) is 13.7. The zero-order chi connectivity index (χ0) is 20.1. The standard InChI is InChI=1S/C21H30F2N2O3/c1-14-11-18(24)19(25(14)21(26)28-13-20(22)23)12-27-17-9-7-16(8-10-17)15-5-3-2-4-6-15/h2-6,14,16-20H,7-13,24H2,1H3/t14-,16-,17+,18+,19?/m1/s1. The molecule has 2 N–H and O–H groups in total. The fraction of sp³-hybridized carbons (Fsp3) is 0.667. The second-order valence-electron chi connectivity index (χ2n) is 7.91. The van der Waals surface area contributed by atoms with Crippen LogP contribution in [0.3, 0.4) is 0 Å².